The van der Waals surface area contributed by atoms with Crippen molar-refractivity contribution >= 4 is 11.7 Å². The molecule has 2 aromatic rings. The van der Waals surface area contributed by atoms with E-state index < -0.39 is 6.04 Å². The highest BCUT2D eigenvalue weighted by atomic mass is 16.5. The van der Waals surface area contributed by atoms with E-state index in [2.05, 4.69) is 15.4 Å². The Hall–Kier alpha value is -2.83. The number of ether oxygens (including phenoxy) is 2. The first-order chi connectivity index (χ1) is 11.1. The number of hydrogen-bond acceptors (Lipinski definition) is 6. The maximum absolute atomic E-state index is 12.2. The molecule has 0 spiro atoms. The number of benzene rings is 1. The Balaban J connectivity index is 2.22. The fourth-order valence-electron chi connectivity index (χ4n) is 2.88. The van der Waals surface area contributed by atoms with Crippen molar-refractivity contribution in [3.63, 3.8) is 0 Å². The molecule has 1 aromatic heterocycles. The number of carbonyl (C=O) groups is 1. The van der Waals surface area contributed by atoms with Crippen LogP contribution in [0.4, 0.5) is 5.95 Å². The van der Waals surface area contributed by atoms with E-state index in [9.17, 15) is 4.79 Å². The van der Waals surface area contributed by atoms with Crippen LogP contribution in [0.15, 0.2) is 35.8 Å². The predicted molar refractivity (Wildman–Crippen MR) is 84.7 cm³/mol. The summed E-state index contributed by atoms with van der Waals surface area (Å²) in [5, 5.41) is 7.38. The first-order valence-corrected chi connectivity index (χ1v) is 7.17. The lowest BCUT2D eigenvalue weighted by atomic mass is 9.92. The van der Waals surface area contributed by atoms with Gasteiger partial charge >= 0.3 is 0 Å². The van der Waals surface area contributed by atoms with E-state index in [0.29, 0.717) is 23.0 Å². The average Bonchev–Trinajstić information content (AvgIpc) is 3.00. The SMILES string of the molecule is COc1ccc([C@H]2C(C(C)=O)=C(C)Nc3ncnn32)c(OC)c1. The molecule has 3 rings (SSSR count). The number of ketones is 1. The summed E-state index contributed by atoms with van der Waals surface area (Å²) in [6, 6.07) is 5.12. The number of carbonyl (C=O) groups excluding carboxylic acids is 1. The molecular formula is C16H18N4O3. The summed E-state index contributed by atoms with van der Waals surface area (Å²) in [6.45, 7) is 3.41. The van der Waals surface area contributed by atoms with Gasteiger partial charge in [-0.05, 0) is 26.0 Å². The summed E-state index contributed by atoms with van der Waals surface area (Å²) in [5.41, 5.74) is 2.22. The summed E-state index contributed by atoms with van der Waals surface area (Å²) in [5.74, 6) is 1.88. The number of anilines is 1. The number of Topliss-reactive ketones (excluding diaryl/α,β-unsaturated/α-hetero) is 1. The van der Waals surface area contributed by atoms with Gasteiger partial charge in [0.1, 0.15) is 23.9 Å². The van der Waals surface area contributed by atoms with E-state index in [-0.39, 0.29) is 5.78 Å². The second-order valence-corrected chi connectivity index (χ2v) is 5.26. The van der Waals surface area contributed by atoms with Crippen LogP contribution in [-0.2, 0) is 4.79 Å². The van der Waals surface area contributed by atoms with Gasteiger partial charge in [-0.3, -0.25) is 4.79 Å². The van der Waals surface area contributed by atoms with Gasteiger partial charge in [0.2, 0.25) is 5.95 Å². The van der Waals surface area contributed by atoms with Gasteiger partial charge in [0.25, 0.3) is 0 Å². The minimum atomic E-state index is -0.396. The summed E-state index contributed by atoms with van der Waals surface area (Å²) in [6.07, 6.45) is 1.46. The molecule has 7 nitrogen and oxygen atoms in total. The minimum absolute atomic E-state index is 0.0287. The zero-order valence-electron chi connectivity index (χ0n) is 13.5. The largest absolute Gasteiger partial charge is 0.497 e. The van der Waals surface area contributed by atoms with Crippen molar-refractivity contribution in [2.45, 2.75) is 19.9 Å². The number of nitrogens with one attached hydrogen (secondary N) is 1. The van der Waals surface area contributed by atoms with Crippen molar-refractivity contribution in [1.29, 1.82) is 0 Å². The summed E-state index contributed by atoms with van der Waals surface area (Å²) in [4.78, 5) is 16.4. The molecule has 0 fully saturated rings. The zero-order chi connectivity index (χ0) is 16.6. The monoisotopic (exact) mass is 314 g/mol. The second kappa shape index (κ2) is 5.75. The molecule has 1 N–H and O–H groups in total. The van der Waals surface area contributed by atoms with Crippen molar-refractivity contribution < 1.29 is 14.3 Å². The second-order valence-electron chi connectivity index (χ2n) is 5.26. The summed E-state index contributed by atoms with van der Waals surface area (Å²) in [7, 11) is 3.19. The van der Waals surface area contributed by atoms with Crippen molar-refractivity contribution in [2.75, 3.05) is 19.5 Å². The Kier molecular flexibility index (Phi) is 3.77. The maximum Gasteiger partial charge on any atom is 0.226 e. The Morgan fingerprint density at radius 1 is 1.30 bits per heavy atom. The molecular weight excluding hydrogens is 296 g/mol. The molecule has 1 aromatic carbocycles. The lowest BCUT2D eigenvalue weighted by molar-refractivity contribution is -0.114. The van der Waals surface area contributed by atoms with Crippen LogP contribution in [0.2, 0.25) is 0 Å². The zero-order valence-corrected chi connectivity index (χ0v) is 13.5. The Morgan fingerprint density at radius 3 is 2.74 bits per heavy atom. The molecule has 7 heteroatoms. The highest BCUT2D eigenvalue weighted by molar-refractivity contribution is 5.96. The van der Waals surface area contributed by atoms with Crippen LogP contribution >= 0.6 is 0 Å². The van der Waals surface area contributed by atoms with Crippen LogP contribution in [0.25, 0.3) is 0 Å². The smallest absolute Gasteiger partial charge is 0.226 e. The van der Waals surface area contributed by atoms with E-state index in [1.807, 2.05) is 19.1 Å². The molecule has 0 amide bonds. The van der Waals surface area contributed by atoms with Crippen molar-refractivity contribution in [1.82, 2.24) is 14.8 Å². The third kappa shape index (κ3) is 2.44. The van der Waals surface area contributed by atoms with Crippen LogP contribution in [-0.4, -0.2) is 34.8 Å². The van der Waals surface area contributed by atoms with Crippen molar-refractivity contribution in [3.8, 4) is 11.5 Å². The fraction of sp³-hybridized carbons (Fsp3) is 0.312. The predicted octanol–water partition coefficient (Wildman–Crippen LogP) is 2.17. The van der Waals surface area contributed by atoms with E-state index >= 15 is 0 Å². The molecule has 120 valence electrons. The van der Waals surface area contributed by atoms with Crippen molar-refractivity contribution in [2.24, 2.45) is 0 Å². The van der Waals surface area contributed by atoms with E-state index in [1.54, 1.807) is 31.9 Å². The lowest BCUT2D eigenvalue weighted by Crippen LogP contribution is -2.28. The first kappa shape index (κ1) is 15.1. The Bertz CT molecular complexity index is 794. The van der Waals surface area contributed by atoms with E-state index in [0.717, 1.165) is 11.3 Å². The number of fused-ring (bicyclic) bond motifs is 1. The van der Waals surface area contributed by atoms with Gasteiger partial charge in [-0.25, -0.2) is 4.68 Å². The molecule has 0 bridgehead atoms. The number of nitrogens with zero attached hydrogens (tertiary/aromatic N) is 3. The summed E-state index contributed by atoms with van der Waals surface area (Å²) < 4.78 is 12.4. The lowest BCUT2D eigenvalue weighted by Gasteiger charge is -2.29. The maximum atomic E-state index is 12.2. The van der Waals surface area contributed by atoms with Crippen LogP contribution < -0.4 is 14.8 Å². The topological polar surface area (TPSA) is 78.3 Å². The molecule has 1 aliphatic rings. The third-order valence-electron chi connectivity index (χ3n) is 3.91. The average molecular weight is 314 g/mol. The van der Waals surface area contributed by atoms with Gasteiger partial charge in [0.05, 0.1) is 14.2 Å². The number of hydrogen-bond donors (Lipinski definition) is 1. The molecule has 0 radical (unpaired) electrons. The molecule has 0 saturated carbocycles. The number of rotatable bonds is 4. The molecule has 0 saturated heterocycles. The number of methoxy groups -OCH3 is 2. The normalized spacial score (nSPS) is 16.6. The third-order valence-corrected chi connectivity index (χ3v) is 3.91. The Morgan fingerprint density at radius 2 is 2.09 bits per heavy atom. The minimum Gasteiger partial charge on any atom is -0.497 e. The van der Waals surface area contributed by atoms with Crippen LogP contribution in [0.1, 0.15) is 25.5 Å². The van der Waals surface area contributed by atoms with E-state index in [4.69, 9.17) is 9.47 Å². The van der Waals surface area contributed by atoms with Gasteiger partial charge in [0, 0.05) is 22.9 Å². The van der Waals surface area contributed by atoms with Gasteiger partial charge in [-0.1, -0.05) is 0 Å². The fourth-order valence-corrected chi connectivity index (χ4v) is 2.88. The van der Waals surface area contributed by atoms with Gasteiger partial charge in [0.15, 0.2) is 5.78 Å². The van der Waals surface area contributed by atoms with Gasteiger partial charge in [-0.2, -0.15) is 10.1 Å². The standard InChI is InChI=1S/C16H18N4O3/c1-9-14(10(2)21)15(20-16(19-9)17-8-18-20)12-6-5-11(22-3)7-13(12)23-4/h5-8,15H,1-4H3,(H,17,18,19)/t15-/m0/s1. The molecule has 1 aliphatic heterocycles. The van der Waals surface area contributed by atoms with Gasteiger partial charge < -0.3 is 14.8 Å². The highest BCUT2D eigenvalue weighted by Gasteiger charge is 2.33. The quantitative estimate of drug-likeness (QED) is 0.932. The Labute approximate surface area is 133 Å². The number of aromatic nitrogens is 3. The summed E-state index contributed by atoms with van der Waals surface area (Å²) >= 11 is 0. The highest BCUT2D eigenvalue weighted by Crippen LogP contribution is 2.40. The van der Waals surface area contributed by atoms with Crippen LogP contribution in [0.3, 0.4) is 0 Å². The van der Waals surface area contributed by atoms with Crippen LogP contribution in [0.5, 0.6) is 11.5 Å². The molecule has 2 heterocycles. The first-order valence-electron chi connectivity index (χ1n) is 7.17. The molecule has 23 heavy (non-hydrogen) atoms. The molecule has 1 atom stereocenters. The molecule has 0 unspecified atom stereocenters. The number of allylic oxidation sites excluding steroid dienone is 2. The van der Waals surface area contributed by atoms with Crippen LogP contribution in [0, 0.1) is 0 Å². The van der Waals surface area contributed by atoms with Crippen molar-refractivity contribution in [3.05, 3.63) is 41.4 Å². The molecule has 0 aliphatic carbocycles. The van der Waals surface area contributed by atoms with E-state index in [1.165, 1.54) is 6.33 Å². The van der Waals surface area contributed by atoms with Gasteiger partial charge in [-0.15, -0.1) is 0 Å².